The van der Waals surface area contributed by atoms with Crippen molar-refractivity contribution >= 4 is 18.3 Å². The van der Waals surface area contributed by atoms with Gasteiger partial charge in [0.2, 0.25) is 0 Å². The van der Waals surface area contributed by atoms with Crippen LogP contribution in [0.3, 0.4) is 0 Å². The van der Waals surface area contributed by atoms with Crippen LogP contribution >= 0.6 is 0 Å². The molecule has 0 saturated heterocycles. The van der Waals surface area contributed by atoms with Crippen LogP contribution in [0.1, 0.15) is 111 Å². The molecule has 0 heterocycles. The maximum absolute atomic E-state index is 12.0. The van der Waals surface area contributed by atoms with Gasteiger partial charge in [0.15, 0.2) is 0 Å². The van der Waals surface area contributed by atoms with E-state index >= 15 is 0 Å². The summed E-state index contributed by atoms with van der Waals surface area (Å²) in [5.41, 5.74) is 0. The van der Waals surface area contributed by atoms with Gasteiger partial charge in [-0.05, 0) is 95.8 Å². The monoisotopic (exact) mass is 496 g/mol. The zero-order valence-corrected chi connectivity index (χ0v) is 22.3. The number of carbonyl (C=O) groups excluding carboxylic acids is 5. The zero-order chi connectivity index (χ0) is 26.5. The van der Waals surface area contributed by atoms with Gasteiger partial charge >= 0.3 is 18.3 Å². The molecule has 0 aliphatic heterocycles. The Morgan fingerprint density at radius 2 is 1.23 bits per heavy atom. The highest BCUT2D eigenvalue weighted by atomic mass is 16.5. The first-order valence-electron chi connectivity index (χ1n) is 13.6. The van der Waals surface area contributed by atoms with Gasteiger partial charge in [-0.25, -0.2) is 0 Å². The van der Waals surface area contributed by atoms with Gasteiger partial charge in [0, 0.05) is 18.1 Å². The minimum absolute atomic E-state index is 0.0771. The molecule has 2 unspecified atom stereocenters. The summed E-state index contributed by atoms with van der Waals surface area (Å²) in [5.74, 6) is 1.76. The average molecular weight is 497 g/mol. The van der Waals surface area contributed by atoms with Crippen LogP contribution < -0.4 is 10.6 Å². The summed E-state index contributed by atoms with van der Waals surface area (Å²) in [5, 5.41) is 7.50. The van der Waals surface area contributed by atoms with Gasteiger partial charge in [0.1, 0.15) is 6.04 Å². The van der Waals surface area contributed by atoms with E-state index in [1.165, 1.54) is 77.0 Å². The molecule has 2 saturated carbocycles. The summed E-state index contributed by atoms with van der Waals surface area (Å²) in [6, 6.07) is 1.85. The van der Waals surface area contributed by atoms with E-state index in [-0.39, 0.29) is 24.3 Å². The lowest BCUT2D eigenvalue weighted by atomic mass is 9.75. The SMILES string of the molecule is CCCC(CC)NC1CCC(CC2CCC(NC(CC)C(=O)OCC)CC2)CC1.O=C=O.O=C=O. The van der Waals surface area contributed by atoms with Crippen LogP contribution in [0.5, 0.6) is 0 Å². The van der Waals surface area contributed by atoms with Crippen molar-refractivity contribution in [2.45, 2.75) is 135 Å². The van der Waals surface area contributed by atoms with Crippen molar-refractivity contribution < 1.29 is 28.7 Å². The highest BCUT2D eigenvalue weighted by Crippen LogP contribution is 2.35. The maximum Gasteiger partial charge on any atom is 0.373 e. The minimum Gasteiger partial charge on any atom is -0.465 e. The van der Waals surface area contributed by atoms with Crippen LogP contribution in [0.2, 0.25) is 0 Å². The Kier molecular flexibility index (Phi) is 20.3. The maximum atomic E-state index is 12.0. The van der Waals surface area contributed by atoms with E-state index in [0.29, 0.717) is 12.6 Å². The molecule has 2 N–H and O–H groups in total. The first-order chi connectivity index (χ1) is 16.9. The van der Waals surface area contributed by atoms with E-state index in [0.717, 1.165) is 30.3 Å². The third-order valence-corrected chi connectivity index (χ3v) is 7.38. The van der Waals surface area contributed by atoms with E-state index in [9.17, 15) is 4.79 Å². The van der Waals surface area contributed by atoms with Crippen molar-refractivity contribution in [2.75, 3.05) is 6.61 Å². The lowest BCUT2D eigenvalue weighted by molar-refractivity contribution is -0.193. The van der Waals surface area contributed by atoms with Crippen molar-refractivity contribution in [3.05, 3.63) is 0 Å². The molecule has 0 aromatic rings. The second-order valence-corrected chi connectivity index (χ2v) is 9.78. The van der Waals surface area contributed by atoms with Gasteiger partial charge in [-0.3, -0.25) is 4.79 Å². The quantitative estimate of drug-likeness (QED) is 0.381. The fourth-order valence-electron chi connectivity index (χ4n) is 5.57. The fourth-order valence-corrected chi connectivity index (χ4v) is 5.57. The number of hydrogen-bond acceptors (Lipinski definition) is 8. The molecular weight excluding hydrogens is 448 g/mol. The van der Waals surface area contributed by atoms with Crippen molar-refractivity contribution in [2.24, 2.45) is 11.8 Å². The van der Waals surface area contributed by atoms with E-state index in [4.69, 9.17) is 23.9 Å². The molecule has 2 rings (SSSR count). The van der Waals surface area contributed by atoms with E-state index in [1.54, 1.807) is 0 Å². The molecule has 2 fully saturated rings. The van der Waals surface area contributed by atoms with Gasteiger partial charge in [-0.15, -0.1) is 0 Å². The molecule has 2 atom stereocenters. The van der Waals surface area contributed by atoms with Gasteiger partial charge in [0.05, 0.1) is 6.61 Å². The van der Waals surface area contributed by atoms with E-state index in [2.05, 4.69) is 31.4 Å². The third kappa shape index (κ3) is 15.0. The molecule has 8 heteroatoms. The summed E-state index contributed by atoms with van der Waals surface area (Å²) < 4.78 is 5.20. The fraction of sp³-hybridized carbons (Fsp3) is 0.889. The van der Waals surface area contributed by atoms with Gasteiger partial charge in [0.25, 0.3) is 0 Å². The molecule has 0 aromatic heterocycles. The van der Waals surface area contributed by atoms with Crippen molar-refractivity contribution in [1.82, 2.24) is 10.6 Å². The largest absolute Gasteiger partial charge is 0.465 e. The first-order valence-corrected chi connectivity index (χ1v) is 13.6. The molecule has 0 radical (unpaired) electrons. The Labute approximate surface area is 211 Å². The Balaban J connectivity index is 0.00000174. The smallest absolute Gasteiger partial charge is 0.373 e. The lowest BCUT2D eigenvalue weighted by Crippen LogP contribution is -2.45. The number of nitrogens with one attached hydrogen (secondary N) is 2. The number of rotatable bonds is 12. The standard InChI is InChI=1S/C25H48N2O2.2CO2/c1-5-9-21(6-2)26-22-14-10-19(11-15-22)18-20-12-16-23(17-13-20)27-24(7-3)25(28)29-8-4;2*2-1-3/h19-24,26-27H,5-18H2,1-4H3;;. The number of carbonyl (C=O) groups is 1. The van der Waals surface area contributed by atoms with Crippen LogP contribution in [-0.2, 0) is 28.7 Å². The topological polar surface area (TPSA) is 119 Å². The third-order valence-electron chi connectivity index (χ3n) is 7.38. The van der Waals surface area contributed by atoms with E-state index < -0.39 is 0 Å². The zero-order valence-electron chi connectivity index (χ0n) is 22.3. The Bertz CT molecular complexity index is 589. The second-order valence-electron chi connectivity index (χ2n) is 9.78. The molecule has 8 nitrogen and oxygen atoms in total. The predicted molar refractivity (Wildman–Crippen MR) is 132 cm³/mol. The molecule has 0 bridgehead atoms. The Hall–Kier alpha value is -1.85. The number of ether oxygens (including phenoxy) is 1. The van der Waals surface area contributed by atoms with Crippen molar-refractivity contribution in [3.63, 3.8) is 0 Å². The summed E-state index contributed by atoms with van der Waals surface area (Å²) >= 11 is 0. The number of hydrogen-bond donors (Lipinski definition) is 2. The first kappa shape index (κ1) is 33.1. The number of esters is 1. The Morgan fingerprint density at radius 3 is 1.60 bits per heavy atom. The minimum atomic E-state index is -0.126. The molecule has 202 valence electrons. The van der Waals surface area contributed by atoms with Crippen LogP contribution in [-0.4, -0.2) is 49.0 Å². The van der Waals surface area contributed by atoms with Crippen LogP contribution in [0, 0.1) is 11.8 Å². The summed E-state index contributed by atoms with van der Waals surface area (Å²) in [7, 11) is 0. The summed E-state index contributed by atoms with van der Waals surface area (Å²) in [6.45, 7) is 9.03. The molecule has 0 amide bonds. The highest BCUT2D eigenvalue weighted by molar-refractivity contribution is 5.75. The van der Waals surface area contributed by atoms with Crippen LogP contribution in [0.25, 0.3) is 0 Å². The molecular formula is C27H48N2O6. The van der Waals surface area contributed by atoms with Gasteiger partial charge in [-0.2, -0.15) is 19.2 Å². The van der Waals surface area contributed by atoms with Gasteiger partial charge < -0.3 is 15.4 Å². The lowest BCUT2D eigenvalue weighted by Gasteiger charge is -2.36. The van der Waals surface area contributed by atoms with E-state index in [1.807, 2.05) is 6.92 Å². The normalized spacial score (nSPS) is 25.3. The molecule has 0 spiro atoms. The average Bonchev–Trinajstić information content (AvgIpc) is 2.85. The van der Waals surface area contributed by atoms with Crippen LogP contribution in [0.4, 0.5) is 0 Å². The molecule has 0 aromatic carbocycles. The molecule has 2 aliphatic carbocycles. The van der Waals surface area contributed by atoms with Crippen molar-refractivity contribution in [3.8, 4) is 0 Å². The van der Waals surface area contributed by atoms with Gasteiger partial charge in [-0.1, -0.05) is 27.2 Å². The van der Waals surface area contributed by atoms with Crippen LogP contribution in [0.15, 0.2) is 0 Å². The predicted octanol–water partition coefficient (Wildman–Crippen LogP) is 4.43. The molecule has 35 heavy (non-hydrogen) atoms. The summed E-state index contributed by atoms with van der Waals surface area (Å²) in [6.07, 6.45) is 17.3. The molecule has 2 aliphatic rings. The highest BCUT2D eigenvalue weighted by Gasteiger charge is 2.29. The summed E-state index contributed by atoms with van der Waals surface area (Å²) in [4.78, 5) is 44.5. The second kappa shape index (κ2) is 21.4. The van der Waals surface area contributed by atoms with Crippen molar-refractivity contribution in [1.29, 1.82) is 0 Å². The Morgan fingerprint density at radius 1 is 0.771 bits per heavy atom.